The molecule has 0 atom stereocenters. The van der Waals surface area contributed by atoms with E-state index in [1.165, 1.54) is 11.3 Å². The molecule has 0 bridgehead atoms. The fraction of sp³-hybridized carbons (Fsp3) is 0.125. The average molecular weight is 209 g/mol. The van der Waals surface area contributed by atoms with Crippen molar-refractivity contribution in [2.24, 2.45) is 0 Å². The van der Waals surface area contributed by atoms with Crippen LogP contribution in [0, 0.1) is 0 Å². The van der Waals surface area contributed by atoms with Crippen molar-refractivity contribution in [2.75, 3.05) is 0 Å². The summed E-state index contributed by atoms with van der Waals surface area (Å²) in [5.74, 6) is -0.873. The Balaban J connectivity index is 2.22. The number of rotatable bonds is 3. The number of aliphatic carboxylic acids is 1. The summed E-state index contributed by atoms with van der Waals surface area (Å²) in [5, 5.41) is 15.0. The van der Waals surface area contributed by atoms with Gasteiger partial charge in [0.25, 0.3) is 0 Å². The number of nitrogens with zero attached hydrogens (tertiary/aromatic N) is 3. The van der Waals surface area contributed by atoms with Crippen molar-refractivity contribution in [3.05, 3.63) is 29.5 Å². The van der Waals surface area contributed by atoms with E-state index < -0.39 is 5.97 Å². The third-order valence-corrected chi connectivity index (χ3v) is 2.45. The predicted octanol–water partition coefficient (Wildman–Crippen LogP) is 0.956. The molecule has 2 heterocycles. The maximum atomic E-state index is 10.4. The standard InChI is InChI=1S/C8H7N3O2S/c12-7(13)4-6-5-14-8(10-6)11-3-1-2-9-11/h1-3,5H,4H2,(H,12,13). The van der Waals surface area contributed by atoms with Crippen molar-refractivity contribution in [3.8, 4) is 5.13 Å². The lowest BCUT2D eigenvalue weighted by Gasteiger charge is -1.92. The first-order valence-electron chi connectivity index (χ1n) is 3.92. The van der Waals surface area contributed by atoms with Crippen molar-refractivity contribution in [2.45, 2.75) is 6.42 Å². The minimum atomic E-state index is -0.873. The second-order valence-corrected chi connectivity index (χ2v) is 3.48. The lowest BCUT2D eigenvalue weighted by molar-refractivity contribution is -0.136. The highest BCUT2D eigenvalue weighted by molar-refractivity contribution is 7.12. The van der Waals surface area contributed by atoms with E-state index in [4.69, 9.17) is 5.11 Å². The van der Waals surface area contributed by atoms with E-state index in [0.717, 1.165) is 0 Å². The molecule has 1 N–H and O–H groups in total. The lowest BCUT2D eigenvalue weighted by atomic mass is 10.3. The summed E-state index contributed by atoms with van der Waals surface area (Å²) < 4.78 is 1.61. The van der Waals surface area contributed by atoms with Gasteiger partial charge in [-0.05, 0) is 6.07 Å². The smallest absolute Gasteiger partial charge is 0.309 e. The van der Waals surface area contributed by atoms with Crippen molar-refractivity contribution >= 4 is 17.3 Å². The van der Waals surface area contributed by atoms with E-state index in [1.807, 2.05) is 0 Å². The molecule has 0 fully saturated rings. The van der Waals surface area contributed by atoms with Crippen LogP contribution in [0.2, 0.25) is 0 Å². The third-order valence-electron chi connectivity index (χ3n) is 1.57. The summed E-state index contributed by atoms with van der Waals surface area (Å²) in [6.07, 6.45) is 3.37. The second-order valence-electron chi connectivity index (χ2n) is 2.64. The molecule has 0 aliphatic heterocycles. The summed E-state index contributed by atoms with van der Waals surface area (Å²) in [6.45, 7) is 0. The first-order chi connectivity index (χ1) is 6.75. The van der Waals surface area contributed by atoms with Crippen LogP contribution in [0.25, 0.3) is 5.13 Å². The predicted molar refractivity (Wildman–Crippen MR) is 50.6 cm³/mol. The van der Waals surface area contributed by atoms with E-state index in [2.05, 4.69) is 10.1 Å². The Hall–Kier alpha value is -1.69. The van der Waals surface area contributed by atoms with Gasteiger partial charge in [-0.15, -0.1) is 11.3 Å². The normalized spacial score (nSPS) is 10.3. The van der Waals surface area contributed by atoms with Gasteiger partial charge in [-0.2, -0.15) is 5.10 Å². The molecule has 0 aromatic carbocycles. The molecule has 6 heteroatoms. The molecule has 0 spiro atoms. The number of carbonyl (C=O) groups is 1. The van der Waals surface area contributed by atoms with Gasteiger partial charge in [0.05, 0.1) is 12.1 Å². The molecule has 0 aliphatic carbocycles. The van der Waals surface area contributed by atoms with Crippen LogP contribution in [0.1, 0.15) is 5.69 Å². The summed E-state index contributed by atoms with van der Waals surface area (Å²) in [6, 6.07) is 1.79. The van der Waals surface area contributed by atoms with Gasteiger partial charge in [0, 0.05) is 17.8 Å². The zero-order valence-electron chi connectivity index (χ0n) is 7.12. The first-order valence-corrected chi connectivity index (χ1v) is 4.80. The molecule has 0 aliphatic rings. The minimum absolute atomic E-state index is 0.0439. The average Bonchev–Trinajstić information content (AvgIpc) is 2.69. The molecular formula is C8H7N3O2S. The van der Waals surface area contributed by atoms with Crippen molar-refractivity contribution in [1.82, 2.24) is 14.8 Å². The van der Waals surface area contributed by atoms with Crippen molar-refractivity contribution in [3.63, 3.8) is 0 Å². The molecule has 2 aromatic heterocycles. The quantitative estimate of drug-likeness (QED) is 0.817. The molecule has 5 nitrogen and oxygen atoms in total. The first kappa shape index (κ1) is 8.89. The number of hydrogen-bond acceptors (Lipinski definition) is 4. The third kappa shape index (κ3) is 1.80. The molecule has 0 unspecified atom stereocenters. The highest BCUT2D eigenvalue weighted by Gasteiger charge is 2.06. The van der Waals surface area contributed by atoms with Crippen LogP contribution in [-0.4, -0.2) is 25.8 Å². The molecule has 0 amide bonds. The van der Waals surface area contributed by atoms with Gasteiger partial charge in [-0.25, -0.2) is 9.67 Å². The summed E-state index contributed by atoms with van der Waals surface area (Å²) in [4.78, 5) is 14.5. The van der Waals surface area contributed by atoms with Gasteiger partial charge >= 0.3 is 5.97 Å². The molecule has 2 aromatic rings. The van der Waals surface area contributed by atoms with Gasteiger partial charge in [-0.1, -0.05) is 0 Å². The summed E-state index contributed by atoms with van der Waals surface area (Å²) in [5.41, 5.74) is 0.563. The van der Waals surface area contributed by atoms with Gasteiger partial charge in [0.1, 0.15) is 0 Å². The fourth-order valence-electron chi connectivity index (χ4n) is 1.02. The van der Waals surface area contributed by atoms with Crippen LogP contribution in [0.15, 0.2) is 23.8 Å². The second kappa shape index (κ2) is 3.59. The maximum absolute atomic E-state index is 10.4. The van der Waals surface area contributed by atoms with Crippen LogP contribution in [-0.2, 0) is 11.2 Å². The number of hydrogen-bond donors (Lipinski definition) is 1. The monoisotopic (exact) mass is 209 g/mol. The Kier molecular flexibility index (Phi) is 2.28. The fourth-order valence-corrected chi connectivity index (χ4v) is 1.78. The molecule has 0 saturated heterocycles. The number of thiazole rings is 1. The molecular weight excluding hydrogens is 202 g/mol. The maximum Gasteiger partial charge on any atom is 0.309 e. The van der Waals surface area contributed by atoms with E-state index in [-0.39, 0.29) is 6.42 Å². The lowest BCUT2D eigenvalue weighted by Crippen LogP contribution is -2.01. The summed E-state index contributed by atoms with van der Waals surface area (Å²) >= 11 is 1.38. The number of carboxylic acids is 1. The van der Waals surface area contributed by atoms with Gasteiger partial charge in [0.15, 0.2) is 0 Å². The Morgan fingerprint density at radius 3 is 3.14 bits per heavy atom. The van der Waals surface area contributed by atoms with E-state index in [1.54, 1.807) is 28.5 Å². The van der Waals surface area contributed by atoms with Crippen LogP contribution >= 0.6 is 11.3 Å². The zero-order chi connectivity index (χ0) is 9.97. The molecule has 2 rings (SSSR count). The van der Waals surface area contributed by atoms with Crippen LogP contribution in [0.5, 0.6) is 0 Å². The van der Waals surface area contributed by atoms with E-state index in [0.29, 0.717) is 10.8 Å². The largest absolute Gasteiger partial charge is 0.481 e. The Bertz CT molecular complexity index is 435. The highest BCUT2D eigenvalue weighted by Crippen LogP contribution is 2.13. The Morgan fingerprint density at radius 1 is 1.64 bits per heavy atom. The van der Waals surface area contributed by atoms with Crippen LogP contribution in [0.4, 0.5) is 0 Å². The summed E-state index contributed by atoms with van der Waals surface area (Å²) in [7, 11) is 0. The number of aromatic nitrogens is 3. The van der Waals surface area contributed by atoms with Gasteiger partial charge in [0.2, 0.25) is 5.13 Å². The SMILES string of the molecule is O=C(O)Cc1csc(-n2cccn2)n1. The molecule has 72 valence electrons. The topological polar surface area (TPSA) is 68.0 Å². The minimum Gasteiger partial charge on any atom is -0.481 e. The van der Waals surface area contributed by atoms with E-state index in [9.17, 15) is 4.79 Å². The zero-order valence-corrected chi connectivity index (χ0v) is 7.94. The van der Waals surface area contributed by atoms with Gasteiger partial charge in [-0.3, -0.25) is 4.79 Å². The van der Waals surface area contributed by atoms with E-state index >= 15 is 0 Å². The highest BCUT2D eigenvalue weighted by atomic mass is 32.1. The van der Waals surface area contributed by atoms with Crippen molar-refractivity contribution in [1.29, 1.82) is 0 Å². The van der Waals surface area contributed by atoms with Gasteiger partial charge < -0.3 is 5.11 Å². The molecule has 14 heavy (non-hydrogen) atoms. The Labute approximate surface area is 83.6 Å². The molecule has 0 saturated carbocycles. The van der Waals surface area contributed by atoms with Crippen LogP contribution < -0.4 is 0 Å². The molecule has 0 radical (unpaired) electrons. The Morgan fingerprint density at radius 2 is 2.50 bits per heavy atom. The van der Waals surface area contributed by atoms with Crippen LogP contribution in [0.3, 0.4) is 0 Å². The number of carboxylic acid groups (broad SMARTS) is 1. The van der Waals surface area contributed by atoms with Crippen molar-refractivity contribution < 1.29 is 9.90 Å².